The van der Waals surface area contributed by atoms with Gasteiger partial charge in [-0.2, -0.15) is 0 Å². The molecule has 0 atom stereocenters. The quantitative estimate of drug-likeness (QED) is 0.808. The summed E-state index contributed by atoms with van der Waals surface area (Å²) < 4.78 is 26.1. The lowest BCUT2D eigenvalue weighted by Crippen LogP contribution is -2.30. The van der Waals surface area contributed by atoms with Gasteiger partial charge in [-0.05, 0) is 37.5 Å². The molecule has 0 radical (unpaired) electrons. The molecular weight excluding hydrogens is 348 g/mol. The van der Waals surface area contributed by atoms with E-state index in [1.807, 2.05) is 63.2 Å². The summed E-state index contributed by atoms with van der Waals surface area (Å²) in [5.74, 6) is -0.511. The summed E-state index contributed by atoms with van der Waals surface area (Å²) in [6.07, 6.45) is -0.0752. The predicted molar refractivity (Wildman–Crippen MR) is 106 cm³/mol. The second-order valence-electron chi connectivity index (χ2n) is 6.63. The Hall–Kier alpha value is -2.18. The summed E-state index contributed by atoms with van der Waals surface area (Å²) in [6.45, 7) is 6.15. The summed E-state index contributed by atoms with van der Waals surface area (Å²) in [6, 6.07) is 13.4. The van der Waals surface area contributed by atoms with Crippen LogP contribution in [-0.2, 0) is 21.4 Å². The van der Waals surface area contributed by atoms with Gasteiger partial charge < -0.3 is 5.32 Å². The van der Waals surface area contributed by atoms with E-state index in [9.17, 15) is 13.2 Å². The number of rotatable bonds is 7. The first-order chi connectivity index (χ1) is 12.2. The van der Waals surface area contributed by atoms with Crippen LogP contribution in [0.5, 0.6) is 0 Å². The fraction of sp³-hybridized carbons (Fsp3) is 0.350. The van der Waals surface area contributed by atoms with Crippen molar-refractivity contribution in [1.82, 2.24) is 4.31 Å². The average molecular weight is 375 g/mol. The van der Waals surface area contributed by atoms with Crippen LogP contribution in [0.25, 0.3) is 0 Å². The van der Waals surface area contributed by atoms with Crippen LogP contribution in [0.15, 0.2) is 42.5 Å². The van der Waals surface area contributed by atoms with Gasteiger partial charge in [0.1, 0.15) is 0 Å². The second-order valence-corrected chi connectivity index (χ2v) is 8.82. The van der Waals surface area contributed by atoms with Crippen molar-refractivity contribution in [3.63, 3.8) is 0 Å². The Balaban J connectivity index is 1.95. The Morgan fingerprint density at radius 3 is 2.19 bits per heavy atom. The summed E-state index contributed by atoms with van der Waals surface area (Å²) in [7, 11) is -1.96. The first-order valence-corrected chi connectivity index (χ1v) is 10.2. The third kappa shape index (κ3) is 5.41. The van der Waals surface area contributed by atoms with Crippen LogP contribution in [-0.4, -0.2) is 31.4 Å². The summed E-state index contributed by atoms with van der Waals surface area (Å²) in [5, 5.41) is 2.85. The highest BCUT2D eigenvalue weighted by molar-refractivity contribution is 7.89. The molecule has 0 spiro atoms. The number of sulfonamides is 1. The van der Waals surface area contributed by atoms with E-state index in [2.05, 4.69) is 5.32 Å². The molecule has 0 aliphatic rings. The molecule has 0 bridgehead atoms. The molecule has 140 valence electrons. The summed E-state index contributed by atoms with van der Waals surface area (Å²) >= 11 is 0. The molecule has 1 N–H and O–H groups in total. The minimum Gasteiger partial charge on any atom is -0.326 e. The van der Waals surface area contributed by atoms with E-state index in [1.165, 1.54) is 11.4 Å². The minimum atomic E-state index is -3.50. The van der Waals surface area contributed by atoms with Crippen molar-refractivity contribution in [2.75, 3.05) is 18.1 Å². The summed E-state index contributed by atoms with van der Waals surface area (Å²) in [5.41, 5.74) is 4.74. The number of anilines is 1. The molecule has 0 heterocycles. The highest BCUT2D eigenvalue weighted by Crippen LogP contribution is 2.22. The van der Waals surface area contributed by atoms with Crippen LogP contribution in [0.4, 0.5) is 5.69 Å². The van der Waals surface area contributed by atoms with E-state index in [0.717, 1.165) is 27.9 Å². The number of carbonyl (C=O) groups excluding carboxylic acids is 1. The number of benzene rings is 2. The largest absolute Gasteiger partial charge is 0.326 e. The first-order valence-electron chi connectivity index (χ1n) is 8.54. The smallest absolute Gasteiger partial charge is 0.225 e. The van der Waals surface area contributed by atoms with Gasteiger partial charge in [-0.15, -0.1) is 0 Å². The zero-order valence-corrected chi connectivity index (χ0v) is 16.6. The predicted octanol–water partition coefficient (Wildman–Crippen LogP) is 3.40. The van der Waals surface area contributed by atoms with Crippen LogP contribution >= 0.6 is 0 Å². The van der Waals surface area contributed by atoms with Crippen molar-refractivity contribution in [3.05, 3.63) is 64.7 Å². The molecule has 2 rings (SSSR count). The lowest BCUT2D eigenvalue weighted by Gasteiger charge is -2.17. The highest BCUT2D eigenvalue weighted by Gasteiger charge is 2.20. The Bertz CT molecular complexity index is 854. The Labute approximate surface area is 156 Å². The van der Waals surface area contributed by atoms with Crippen molar-refractivity contribution in [2.45, 2.75) is 33.7 Å². The molecule has 5 nitrogen and oxygen atoms in total. The maximum atomic E-state index is 12.4. The van der Waals surface area contributed by atoms with Crippen molar-refractivity contribution in [2.24, 2.45) is 0 Å². The number of nitrogens with one attached hydrogen (secondary N) is 1. The third-order valence-corrected chi connectivity index (χ3v) is 6.05. The molecule has 0 saturated carbocycles. The van der Waals surface area contributed by atoms with Gasteiger partial charge >= 0.3 is 0 Å². The minimum absolute atomic E-state index is 0.0752. The molecular formula is C20H26N2O3S. The first kappa shape index (κ1) is 20.1. The van der Waals surface area contributed by atoms with Crippen LogP contribution in [0.2, 0.25) is 0 Å². The van der Waals surface area contributed by atoms with Gasteiger partial charge in [-0.3, -0.25) is 4.79 Å². The summed E-state index contributed by atoms with van der Waals surface area (Å²) in [4.78, 5) is 12.2. The number of aryl methyl sites for hydroxylation is 3. The Morgan fingerprint density at radius 1 is 1.04 bits per heavy atom. The van der Waals surface area contributed by atoms with Gasteiger partial charge in [0.05, 0.1) is 5.75 Å². The van der Waals surface area contributed by atoms with Gasteiger partial charge in [0, 0.05) is 25.7 Å². The van der Waals surface area contributed by atoms with E-state index in [1.54, 1.807) is 0 Å². The van der Waals surface area contributed by atoms with E-state index in [-0.39, 0.29) is 18.1 Å². The standard InChI is InChI=1S/C20H26N2O3S/c1-15-12-16(2)20(17(3)13-15)21-19(23)10-11-26(24,25)22(4)14-18-8-6-5-7-9-18/h5-9,12-13H,10-11,14H2,1-4H3,(H,21,23). The van der Waals surface area contributed by atoms with E-state index < -0.39 is 10.0 Å². The van der Waals surface area contributed by atoms with E-state index >= 15 is 0 Å². The lowest BCUT2D eigenvalue weighted by molar-refractivity contribution is -0.115. The molecule has 0 unspecified atom stereocenters. The fourth-order valence-electron chi connectivity index (χ4n) is 2.90. The van der Waals surface area contributed by atoms with E-state index in [4.69, 9.17) is 0 Å². The van der Waals surface area contributed by atoms with Crippen molar-refractivity contribution < 1.29 is 13.2 Å². The zero-order chi connectivity index (χ0) is 19.3. The lowest BCUT2D eigenvalue weighted by atomic mass is 10.1. The van der Waals surface area contributed by atoms with Gasteiger partial charge in [0.15, 0.2) is 0 Å². The van der Waals surface area contributed by atoms with Crippen molar-refractivity contribution in [1.29, 1.82) is 0 Å². The molecule has 0 aromatic heterocycles. The third-order valence-electron chi connectivity index (χ3n) is 4.25. The SMILES string of the molecule is Cc1cc(C)c(NC(=O)CCS(=O)(=O)N(C)Cc2ccccc2)c(C)c1. The molecule has 26 heavy (non-hydrogen) atoms. The molecule has 0 aliphatic carbocycles. The van der Waals surface area contributed by atoms with E-state index in [0.29, 0.717) is 6.54 Å². The van der Waals surface area contributed by atoms with Crippen molar-refractivity contribution in [3.8, 4) is 0 Å². The molecule has 2 aromatic carbocycles. The van der Waals surface area contributed by atoms with Crippen LogP contribution in [0, 0.1) is 20.8 Å². The monoisotopic (exact) mass is 374 g/mol. The maximum Gasteiger partial charge on any atom is 0.225 e. The average Bonchev–Trinajstić information content (AvgIpc) is 2.57. The molecule has 0 aliphatic heterocycles. The number of carbonyl (C=O) groups is 1. The van der Waals surface area contributed by atoms with Gasteiger partial charge in [0.25, 0.3) is 0 Å². The topological polar surface area (TPSA) is 66.5 Å². The number of nitrogens with zero attached hydrogens (tertiary/aromatic N) is 1. The molecule has 0 saturated heterocycles. The number of hydrogen-bond donors (Lipinski definition) is 1. The Morgan fingerprint density at radius 2 is 1.62 bits per heavy atom. The van der Waals surface area contributed by atoms with Crippen LogP contribution in [0.3, 0.4) is 0 Å². The van der Waals surface area contributed by atoms with Gasteiger partial charge in [-0.25, -0.2) is 12.7 Å². The number of amides is 1. The number of hydrogen-bond acceptors (Lipinski definition) is 3. The highest BCUT2D eigenvalue weighted by atomic mass is 32.2. The van der Waals surface area contributed by atoms with Gasteiger partial charge in [0.2, 0.25) is 15.9 Å². The molecule has 2 aromatic rings. The molecule has 1 amide bonds. The maximum absolute atomic E-state index is 12.4. The van der Waals surface area contributed by atoms with Crippen molar-refractivity contribution >= 4 is 21.6 Å². The second kappa shape index (κ2) is 8.47. The normalized spacial score (nSPS) is 11.6. The molecule has 6 heteroatoms. The van der Waals surface area contributed by atoms with Crippen LogP contribution in [0.1, 0.15) is 28.7 Å². The zero-order valence-electron chi connectivity index (χ0n) is 15.7. The van der Waals surface area contributed by atoms with Crippen LogP contribution < -0.4 is 5.32 Å². The fourth-order valence-corrected chi connectivity index (χ4v) is 4.00. The van der Waals surface area contributed by atoms with Gasteiger partial charge in [-0.1, -0.05) is 48.0 Å². The Kier molecular flexibility index (Phi) is 6.56. The molecule has 0 fully saturated rings.